The second-order valence-electron chi connectivity index (χ2n) is 5.56. The van der Waals surface area contributed by atoms with Crippen LogP contribution in [0.3, 0.4) is 0 Å². The van der Waals surface area contributed by atoms with E-state index in [1.807, 2.05) is 30.3 Å². The molecule has 0 saturated heterocycles. The molecule has 4 heteroatoms. The van der Waals surface area contributed by atoms with Gasteiger partial charge in [-0.3, -0.25) is 0 Å². The number of anilines is 1. The smallest absolute Gasteiger partial charge is 0.137 e. The first kappa shape index (κ1) is 16.5. The molecule has 0 aromatic heterocycles. The summed E-state index contributed by atoms with van der Waals surface area (Å²) in [5.41, 5.74) is 2.12. The van der Waals surface area contributed by atoms with Crippen molar-refractivity contribution in [2.24, 2.45) is 5.92 Å². The van der Waals surface area contributed by atoms with Crippen LogP contribution in [0.5, 0.6) is 11.5 Å². The molecule has 0 fully saturated rings. The Hall–Kier alpha value is -1.87. The second-order valence-corrected chi connectivity index (χ2v) is 5.96. The van der Waals surface area contributed by atoms with Crippen molar-refractivity contribution in [3.05, 3.63) is 53.1 Å². The van der Waals surface area contributed by atoms with E-state index in [-0.39, 0.29) is 0 Å². The van der Waals surface area contributed by atoms with Crippen molar-refractivity contribution < 1.29 is 9.47 Å². The summed E-state index contributed by atoms with van der Waals surface area (Å²) in [7, 11) is 1.61. The molecule has 0 bridgehead atoms. The van der Waals surface area contributed by atoms with Gasteiger partial charge in [0, 0.05) is 12.2 Å². The van der Waals surface area contributed by atoms with Crippen LogP contribution >= 0.6 is 11.6 Å². The molecule has 2 rings (SSSR count). The number of benzene rings is 2. The predicted octanol–water partition coefficient (Wildman–Crippen LogP) is 5.00. The Kier molecular flexibility index (Phi) is 5.96. The standard InChI is InChI=1S/C18H22ClNO2/c1-13(2)12-22-16-6-4-5-14(9-16)11-20-15-7-8-18(21-3)17(19)10-15/h4-10,13,20H,11-12H2,1-3H3. The fraction of sp³-hybridized carbons (Fsp3) is 0.333. The number of nitrogens with one attached hydrogen (secondary N) is 1. The molecule has 2 aromatic carbocycles. The third-order valence-electron chi connectivity index (χ3n) is 3.13. The van der Waals surface area contributed by atoms with Gasteiger partial charge in [0.05, 0.1) is 18.7 Å². The van der Waals surface area contributed by atoms with E-state index in [1.54, 1.807) is 7.11 Å². The van der Waals surface area contributed by atoms with Crippen molar-refractivity contribution in [1.82, 2.24) is 0 Å². The zero-order valence-electron chi connectivity index (χ0n) is 13.2. The molecule has 0 aliphatic heterocycles. The Balaban J connectivity index is 1.96. The van der Waals surface area contributed by atoms with Crippen LogP contribution in [0.25, 0.3) is 0 Å². The fourth-order valence-corrected chi connectivity index (χ4v) is 2.25. The molecule has 1 N–H and O–H groups in total. The minimum Gasteiger partial charge on any atom is -0.495 e. The van der Waals surface area contributed by atoms with Crippen LogP contribution in [-0.2, 0) is 6.54 Å². The minimum absolute atomic E-state index is 0.517. The second kappa shape index (κ2) is 7.95. The van der Waals surface area contributed by atoms with Crippen LogP contribution in [-0.4, -0.2) is 13.7 Å². The highest BCUT2D eigenvalue weighted by Crippen LogP contribution is 2.27. The summed E-state index contributed by atoms with van der Waals surface area (Å²) in [6.45, 7) is 5.71. The molecule has 118 valence electrons. The summed E-state index contributed by atoms with van der Waals surface area (Å²) in [5.74, 6) is 2.10. The van der Waals surface area contributed by atoms with Crippen molar-refractivity contribution in [2.45, 2.75) is 20.4 Å². The van der Waals surface area contributed by atoms with Crippen molar-refractivity contribution in [3.63, 3.8) is 0 Å². The molecule has 3 nitrogen and oxygen atoms in total. The molecule has 0 atom stereocenters. The zero-order valence-corrected chi connectivity index (χ0v) is 14.0. The van der Waals surface area contributed by atoms with Crippen molar-refractivity contribution in [3.8, 4) is 11.5 Å². The topological polar surface area (TPSA) is 30.5 Å². The number of methoxy groups -OCH3 is 1. The summed E-state index contributed by atoms with van der Waals surface area (Å²) in [5, 5.41) is 3.95. The van der Waals surface area contributed by atoms with Gasteiger partial charge in [-0.2, -0.15) is 0 Å². The lowest BCUT2D eigenvalue weighted by atomic mass is 10.2. The SMILES string of the molecule is COc1ccc(NCc2cccc(OCC(C)C)c2)cc1Cl. The van der Waals surface area contributed by atoms with Gasteiger partial charge in [0.25, 0.3) is 0 Å². The third-order valence-corrected chi connectivity index (χ3v) is 3.43. The van der Waals surface area contributed by atoms with Crippen LogP contribution < -0.4 is 14.8 Å². The van der Waals surface area contributed by atoms with Crippen molar-refractivity contribution in [2.75, 3.05) is 19.0 Å². The maximum absolute atomic E-state index is 6.12. The molecule has 0 aliphatic carbocycles. The van der Waals surface area contributed by atoms with E-state index in [0.29, 0.717) is 23.2 Å². The van der Waals surface area contributed by atoms with Gasteiger partial charge >= 0.3 is 0 Å². The Morgan fingerprint density at radius 3 is 2.64 bits per heavy atom. The average molecular weight is 320 g/mol. The highest BCUT2D eigenvalue weighted by molar-refractivity contribution is 6.32. The Bertz CT molecular complexity index is 614. The van der Waals surface area contributed by atoms with E-state index in [2.05, 4.69) is 31.3 Å². The number of hydrogen-bond donors (Lipinski definition) is 1. The normalized spacial score (nSPS) is 10.6. The summed E-state index contributed by atoms with van der Waals surface area (Å²) >= 11 is 6.12. The van der Waals surface area contributed by atoms with E-state index >= 15 is 0 Å². The highest BCUT2D eigenvalue weighted by atomic mass is 35.5. The Labute approximate surface area is 137 Å². The predicted molar refractivity (Wildman–Crippen MR) is 92.1 cm³/mol. The molecular weight excluding hydrogens is 298 g/mol. The lowest BCUT2D eigenvalue weighted by Crippen LogP contribution is -2.05. The average Bonchev–Trinajstić information content (AvgIpc) is 2.51. The lowest BCUT2D eigenvalue weighted by molar-refractivity contribution is 0.271. The highest BCUT2D eigenvalue weighted by Gasteiger charge is 2.03. The molecule has 2 aromatic rings. The van der Waals surface area contributed by atoms with Crippen LogP contribution in [0, 0.1) is 5.92 Å². The lowest BCUT2D eigenvalue weighted by Gasteiger charge is -2.12. The first-order valence-electron chi connectivity index (χ1n) is 7.37. The largest absolute Gasteiger partial charge is 0.495 e. The van der Waals surface area contributed by atoms with Crippen molar-refractivity contribution in [1.29, 1.82) is 0 Å². The van der Waals surface area contributed by atoms with Gasteiger partial charge < -0.3 is 14.8 Å². The number of rotatable bonds is 7. The van der Waals surface area contributed by atoms with Crippen molar-refractivity contribution >= 4 is 17.3 Å². The molecule has 22 heavy (non-hydrogen) atoms. The number of ether oxygens (including phenoxy) is 2. The van der Waals surface area contributed by atoms with Crippen LogP contribution in [0.15, 0.2) is 42.5 Å². The molecule has 0 radical (unpaired) electrons. The summed E-state index contributed by atoms with van der Waals surface area (Å²) in [6, 6.07) is 13.8. The van der Waals surface area contributed by atoms with Gasteiger partial charge in [0.1, 0.15) is 11.5 Å². The van der Waals surface area contributed by atoms with Gasteiger partial charge in [0.15, 0.2) is 0 Å². The Morgan fingerprint density at radius 1 is 1.14 bits per heavy atom. The van der Waals surface area contributed by atoms with E-state index in [9.17, 15) is 0 Å². The number of halogens is 1. The Morgan fingerprint density at radius 2 is 1.95 bits per heavy atom. The maximum atomic E-state index is 6.12. The van der Waals surface area contributed by atoms with Gasteiger partial charge in [-0.25, -0.2) is 0 Å². The maximum Gasteiger partial charge on any atom is 0.137 e. The molecule has 0 unspecified atom stereocenters. The first-order chi connectivity index (χ1) is 10.6. The minimum atomic E-state index is 0.517. The van der Waals surface area contributed by atoms with Gasteiger partial charge in [-0.05, 0) is 41.8 Å². The van der Waals surface area contributed by atoms with E-state index in [1.165, 1.54) is 0 Å². The quantitative estimate of drug-likeness (QED) is 0.779. The molecule has 0 spiro atoms. The van der Waals surface area contributed by atoms with Gasteiger partial charge in [-0.1, -0.05) is 37.6 Å². The van der Waals surface area contributed by atoms with Crippen LogP contribution in [0.4, 0.5) is 5.69 Å². The summed E-state index contributed by atoms with van der Waals surface area (Å²) in [4.78, 5) is 0. The fourth-order valence-electron chi connectivity index (χ4n) is 1.99. The third kappa shape index (κ3) is 4.85. The van der Waals surface area contributed by atoms with Gasteiger partial charge in [-0.15, -0.1) is 0 Å². The van der Waals surface area contributed by atoms with Gasteiger partial charge in [0.2, 0.25) is 0 Å². The summed E-state index contributed by atoms with van der Waals surface area (Å²) in [6.07, 6.45) is 0. The van der Waals surface area contributed by atoms with E-state index < -0.39 is 0 Å². The molecule has 0 heterocycles. The van der Waals surface area contributed by atoms with Crippen LogP contribution in [0.2, 0.25) is 5.02 Å². The number of hydrogen-bond acceptors (Lipinski definition) is 3. The monoisotopic (exact) mass is 319 g/mol. The first-order valence-corrected chi connectivity index (χ1v) is 7.75. The van der Waals surface area contributed by atoms with E-state index in [4.69, 9.17) is 21.1 Å². The van der Waals surface area contributed by atoms with E-state index in [0.717, 1.165) is 23.6 Å². The van der Waals surface area contributed by atoms with Crippen LogP contribution in [0.1, 0.15) is 19.4 Å². The molecular formula is C18H22ClNO2. The molecule has 0 aliphatic rings. The molecule has 0 saturated carbocycles. The summed E-state index contributed by atoms with van der Waals surface area (Å²) < 4.78 is 10.9. The zero-order chi connectivity index (χ0) is 15.9. The molecule has 0 amide bonds.